The Bertz CT molecular complexity index is 410. The molecule has 3 nitrogen and oxygen atoms in total. The summed E-state index contributed by atoms with van der Waals surface area (Å²) in [4.78, 5) is 0. The van der Waals surface area contributed by atoms with Gasteiger partial charge in [0.2, 0.25) is 5.79 Å². The molecule has 2 aliphatic rings. The van der Waals surface area contributed by atoms with Crippen LogP contribution in [0.4, 0.5) is 0 Å². The summed E-state index contributed by atoms with van der Waals surface area (Å²) in [6, 6.07) is 0. The lowest BCUT2D eigenvalue weighted by Gasteiger charge is -2.46. The molecule has 0 bridgehead atoms. The molecule has 0 amide bonds. The van der Waals surface area contributed by atoms with Crippen LogP contribution in [0.2, 0.25) is 0 Å². The summed E-state index contributed by atoms with van der Waals surface area (Å²) in [6.45, 7) is 8.40. The minimum Gasteiger partial charge on any atom is -0.464 e. The third-order valence-electron chi connectivity index (χ3n) is 4.57. The van der Waals surface area contributed by atoms with Gasteiger partial charge >= 0.3 is 0 Å². The van der Waals surface area contributed by atoms with Crippen molar-refractivity contribution in [2.24, 2.45) is 5.92 Å². The summed E-state index contributed by atoms with van der Waals surface area (Å²) in [6.07, 6.45) is 4.14. The Morgan fingerprint density at radius 3 is 2.50 bits per heavy atom. The molecule has 0 fully saturated rings. The van der Waals surface area contributed by atoms with Gasteiger partial charge in [0.25, 0.3) is 0 Å². The highest BCUT2D eigenvalue weighted by Crippen LogP contribution is 2.47. The molecule has 1 heterocycles. The van der Waals surface area contributed by atoms with Gasteiger partial charge in [0, 0.05) is 33.5 Å². The van der Waals surface area contributed by atoms with E-state index in [4.69, 9.17) is 14.2 Å². The standard InChI is InChI=1S/C15H24O3/c1-10-9-11(2)15(4,17-6)13-12(10)7-8-14(3,16-5)18-13/h9,11H,7-8H2,1-6H3. The van der Waals surface area contributed by atoms with Gasteiger partial charge in [-0.3, -0.25) is 0 Å². The molecule has 3 atom stereocenters. The van der Waals surface area contributed by atoms with Gasteiger partial charge < -0.3 is 14.2 Å². The molecule has 102 valence electrons. The highest BCUT2D eigenvalue weighted by Gasteiger charge is 2.46. The Morgan fingerprint density at radius 2 is 1.94 bits per heavy atom. The van der Waals surface area contributed by atoms with E-state index in [-0.39, 0.29) is 0 Å². The lowest BCUT2D eigenvalue weighted by atomic mass is 9.76. The summed E-state index contributed by atoms with van der Waals surface area (Å²) < 4.78 is 17.4. The fourth-order valence-electron chi connectivity index (χ4n) is 2.84. The van der Waals surface area contributed by atoms with E-state index in [2.05, 4.69) is 26.8 Å². The van der Waals surface area contributed by atoms with Gasteiger partial charge in [-0.15, -0.1) is 0 Å². The van der Waals surface area contributed by atoms with Crippen LogP contribution in [0, 0.1) is 5.92 Å². The summed E-state index contributed by atoms with van der Waals surface area (Å²) >= 11 is 0. The van der Waals surface area contributed by atoms with Crippen LogP contribution in [0.1, 0.15) is 40.5 Å². The largest absolute Gasteiger partial charge is 0.464 e. The number of methoxy groups -OCH3 is 2. The van der Waals surface area contributed by atoms with E-state index in [1.54, 1.807) is 14.2 Å². The molecule has 0 saturated carbocycles. The SMILES string of the molecule is COC1(C)CCC2=C(O1)C(C)(OC)C(C)C=C2C. The van der Waals surface area contributed by atoms with Crippen molar-refractivity contribution >= 4 is 0 Å². The van der Waals surface area contributed by atoms with Crippen LogP contribution in [0.3, 0.4) is 0 Å². The summed E-state index contributed by atoms with van der Waals surface area (Å²) in [7, 11) is 3.45. The second-order valence-electron chi connectivity index (χ2n) is 5.70. The molecular weight excluding hydrogens is 228 g/mol. The predicted octanol–water partition coefficient (Wildman–Crippen LogP) is 3.41. The van der Waals surface area contributed by atoms with E-state index in [9.17, 15) is 0 Å². The van der Waals surface area contributed by atoms with Crippen molar-refractivity contribution < 1.29 is 14.2 Å². The zero-order chi connectivity index (χ0) is 13.6. The van der Waals surface area contributed by atoms with Crippen molar-refractivity contribution in [2.75, 3.05) is 14.2 Å². The molecule has 3 unspecified atom stereocenters. The minimum atomic E-state index is -0.532. The fraction of sp³-hybridized carbons (Fsp3) is 0.733. The van der Waals surface area contributed by atoms with Crippen molar-refractivity contribution in [3.05, 3.63) is 23.0 Å². The lowest BCUT2D eigenvalue weighted by molar-refractivity contribution is -0.219. The molecule has 18 heavy (non-hydrogen) atoms. The average molecular weight is 252 g/mol. The van der Waals surface area contributed by atoms with E-state index in [0.29, 0.717) is 5.92 Å². The van der Waals surface area contributed by atoms with Gasteiger partial charge in [-0.2, -0.15) is 0 Å². The third-order valence-corrected chi connectivity index (χ3v) is 4.57. The van der Waals surface area contributed by atoms with Gasteiger partial charge in [0.15, 0.2) is 0 Å². The van der Waals surface area contributed by atoms with Gasteiger partial charge in [0.05, 0.1) is 0 Å². The van der Waals surface area contributed by atoms with E-state index in [0.717, 1.165) is 18.6 Å². The molecule has 1 aliphatic carbocycles. The highest BCUT2D eigenvalue weighted by atomic mass is 16.7. The molecule has 3 heteroatoms. The Hall–Kier alpha value is -0.800. The normalized spacial score (nSPS) is 40.1. The lowest BCUT2D eigenvalue weighted by Crippen LogP contribution is -2.47. The number of allylic oxidation sites excluding steroid dienone is 2. The zero-order valence-corrected chi connectivity index (χ0v) is 12.3. The van der Waals surface area contributed by atoms with E-state index < -0.39 is 11.4 Å². The Kier molecular flexibility index (Phi) is 3.32. The average Bonchev–Trinajstić information content (AvgIpc) is 2.36. The minimum absolute atomic E-state index is 0.292. The second-order valence-corrected chi connectivity index (χ2v) is 5.70. The maximum Gasteiger partial charge on any atom is 0.207 e. The summed E-state index contributed by atoms with van der Waals surface area (Å²) in [5.41, 5.74) is 2.20. The van der Waals surface area contributed by atoms with Gasteiger partial charge in [-0.25, -0.2) is 0 Å². The van der Waals surface area contributed by atoms with E-state index in [1.807, 2.05) is 6.92 Å². The van der Waals surface area contributed by atoms with Crippen LogP contribution >= 0.6 is 0 Å². The number of hydrogen-bond acceptors (Lipinski definition) is 3. The first-order chi connectivity index (χ1) is 8.36. The molecule has 0 radical (unpaired) electrons. The maximum absolute atomic E-state index is 6.17. The maximum atomic E-state index is 6.17. The number of rotatable bonds is 2. The zero-order valence-electron chi connectivity index (χ0n) is 12.3. The predicted molar refractivity (Wildman–Crippen MR) is 71.1 cm³/mol. The quantitative estimate of drug-likeness (QED) is 0.753. The van der Waals surface area contributed by atoms with Crippen molar-refractivity contribution in [1.29, 1.82) is 0 Å². The van der Waals surface area contributed by atoms with Crippen molar-refractivity contribution in [1.82, 2.24) is 0 Å². The van der Waals surface area contributed by atoms with Crippen LogP contribution in [-0.2, 0) is 14.2 Å². The first-order valence-electron chi connectivity index (χ1n) is 6.58. The summed E-state index contributed by atoms with van der Waals surface area (Å²) in [5.74, 6) is 0.712. The van der Waals surface area contributed by atoms with Crippen LogP contribution in [0.5, 0.6) is 0 Å². The monoisotopic (exact) mass is 252 g/mol. The number of hydrogen-bond donors (Lipinski definition) is 0. The Morgan fingerprint density at radius 1 is 1.28 bits per heavy atom. The summed E-state index contributed by atoms with van der Waals surface area (Å²) in [5, 5.41) is 0. The molecular formula is C15H24O3. The van der Waals surface area contributed by atoms with Gasteiger partial charge in [0.1, 0.15) is 11.4 Å². The molecule has 0 saturated heterocycles. The van der Waals surface area contributed by atoms with E-state index in [1.165, 1.54) is 11.1 Å². The molecule has 0 aromatic heterocycles. The third kappa shape index (κ3) is 1.90. The van der Waals surface area contributed by atoms with E-state index >= 15 is 0 Å². The fourth-order valence-corrected chi connectivity index (χ4v) is 2.84. The van der Waals surface area contributed by atoms with Gasteiger partial charge in [-0.1, -0.05) is 13.0 Å². The van der Waals surface area contributed by atoms with Crippen LogP contribution in [0.25, 0.3) is 0 Å². The van der Waals surface area contributed by atoms with Crippen LogP contribution < -0.4 is 0 Å². The van der Waals surface area contributed by atoms with Crippen molar-refractivity contribution in [2.45, 2.75) is 51.9 Å². The van der Waals surface area contributed by atoms with Gasteiger partial charge in [-0.05, 0) is 31.4 Å². The van der Waals surface area contributed by atoms with Crippen LogP contribution in [-0.4, -0.2) is 25.6 Å². The highest BCUT2D eigenvalue weighted by molar-refractivity contribution is 5.42. The molecule has 0 N–H and O–H groups in total. The Labute approximate surface area is 110 Å². The molecule has 1 aliphatic heterocycles. The topological polar surface area (TPSA) is 27.7 Å². The Balaban J connectivity index is 2.47. The second kappa shape index (κ2) is 4.39. The molecule has 0 spiro atoms. The molecule has 0 aromatic carbocycles. The van der Waals surface area contributed by atoms with Crippen molar-refractivity contribution in [3.8, 4) is 0 Å². The van der Waals surface area contributed by atoms with Crippen molar-refractivity contribution in [3.63, 3.8) is 0 Å². The first-order valence-corrected chi connectivity index (χ1v) is 6.58. The van der Waals surface area contributed by atoms with Crippen LogP contribution in [0.15, 0.2) is 23.0 Å². The first kappa shape index (κ1) is 13.6. The smallest absolute Gasteiger partial charge is 0.207 e. The molecule has 2 rings (SSSR count). The molecule has 0 aromatic rings. The number of ether oxygens (including phenoxy) is 3.